The van der Waals surface area contributed by atoms with Gasteiger partial charge in [0.25, 0.3) is 0 Å². The monoisotopic (exact) mass is 532 g/mol. The van der Waals surface area contributed by atoms with Gasteiger partial charge in [0.2, 0.25) is 0 Å². The van der Waals surface area contributed by atoms with Crippen molar-refractivity contribution in [2.24, 2.45) is 45.3 Å². The zero-order chi connectivity index (χ0) is 28.2. The summed E-state index contributed by atoms with van der Waals surface area (Å²) in [7, 11) is 0. The van der Waals surface area contributed by atoms with Crippen LogP contribution in [0.4, 0.5) is 0 Å². The number of benzene rings is 1. The summed E-state index contributed by atoms with van der Waals surface area (Å²) < 4.78 is 6.26. The molecule has 0 radical (unpaired) electrons. The van der Waals surface area contributed by atoms with Gasteiger partial charge in [-0.15, -0.1) is 0 Å². The Balaban J connectivity index is 1.37. The summed E-state index contributed by atoms with van der Waals surface area (Å²) >= 11 is 0. The molecule has 1 aromatic rings. The minimum Gasteiger partial charge on any atom is -0.458 e. The standard InChI is InChI=1S/C37H56O2/c1-25(2)13-12-14-26(3)28-19-23-37(8)30-17-18-31-34(4,5)32(39-33(38)27-15-10-9-11-16-27)21-22-35(31,6)29(30)20-24-36(28,37)7/h9-11,15-16,25-26,28,31-32H,12-14,17-24H2,1-8H3/t26-,28-,31-,32-,35-,36+,37+/m0/s1. The van der Waals surface area contributed by atoms with E-state index in [1.54, 1.807) is 0 Å². The Kier molecular flexibility index (Phi) is 7.69. The van der Waals surface area contributed by atoms with Crippen LogP contribution in [0.15, 0.2) is 41.5 Å². The number of fused-ring (bicyclic) bond motifs is 4. The van der Waals surface area contributed by atoms with E-state index in [1.807, 2.05) is 41.5 Å². The molecular weight excluding hydrogens is 476 g/mol. The molecule has 0 aliphatic heterocycles. The van der Waals surface area contributed by atoms with Crippen LogP contribution >= 0.6 is 0 Å². The highest BCUT2D eigenvalue weighted by atomic mass is 16.5. The molecule has 2 saturated carbocycles. The maximum absolute atomic E-state index is 13.0. The van der Waals surface area contributed by atoms with Crippen LogP contribution in [0.25, 0.3) is 0 Å². The Hall–Kier alpha value is -1.57. The number of hydrogen-bond donors (Lipinski definition) is 0. The molecular formula is C37H56O2. The molecule has 216 valence electrons. The summed E-state index contributed by atoms with van der Waals surface area (Å²) in [4.78, 5) is 13.0. The van der Waals surface area contributed by atoms with E-state index in [0.29, 0.717) is 22.3 Å². The van der Waals surface area contributed by atoms with Crippen molar-refractivity contribution in [3.8, 4) is 0 Å². The van der Waals surface area contributed by atoms with E-state index in [2.05, 4.69) is 55.4 Å². The molecule has 0 amide bonds. The second-order valence-corrected chi connectivity index (χ2v) is 15.8. The number of carbonyl (C=O) groups is 1. The first-order valence-electron chi connectivity index (χ1n) is 16.3. The Morgan fingerprint density at radius 2 is 1.59 bits per heavy atom. The number of allylic oxidation sites excluding steroid dienone is 2. The highest BCUT2D eigenvalue weighted by Gasteiger charge is 2.63. The van der Waals surface area contributed by atoms with Crippen molar-refractivity contribution >= 4 is 5.97 Å². The molecule has 2 heteroatoms. The van der Waals surface area contributed by atoms with E-state index in [0.717, 1.165) is 30.6 Å². The van der Waals surface area contributed by atoms with Crippen molar-refractivity contribution in [1.82, 2.24) is 0 Å². The van der Waals surface area contributed by atoms with E-state index in [-0.39, 0.29) is 22.9 Å². The first kappa shape index (κ1) is 28.9. The van der Waals surface area contributed by atoms with Gasteiger partial charge >= 0.3 is 5.97 Å². The Labute approximate surface area is 239 Å². The Morgan fingerprint density at radius 3 is 2.28 bits per heavy atom. The fourth-order valence-electron chi connectivity index (χ4n) is 10.6. The quantitative estimate of drug-likeness (QED) is 0.258. The number of hydrogen-bond acceptors (Lipinski definition) is 2. The van der Waals surface area contributed by atoms with Crippen molar-refractivity contribution in [3.63, 3.8) is 0 Å². The molecule has 39 heavy (non-hydrogen) atoms. The van der Waals surface area contributed by atoms with Gasteiger partial charge in [-0.3, -0.25) is 0 Å². The molecule has 0 heterocycles. The minimum absolute atomic E-state index is 0.0163. The zero-order valence-corrected chi connectivity index (χ0v) is 26.4. The molecule has 2 fully saturated rings. The van der Waals surface area contributed by atoms with E-state index in [1.165, 1.54) is 57.8 Å². The van der Waals surface area contributed by atoms with Crippen LogP contribution in [0.5, 0.6) is 0 Å². The van der Waals surface area contributed by atoms with Gasteiger partial charge in [-0.2, -0.15) is 0 Å². The highest BCUT2D eigenvalue weighted by Crippen LogP contribution is 2.72. The smallest absolute Gasteiger partial charge is 0.338 e. The van der Waals surface area contributed by atoms with Crippen LogP contribution in [0.3, 0.4) is 0 Å². The lowest BCUT2D eigenvalue weighted by atomic mass is 9.43. The zero-order valence-electron chi connectivity index (χ0n) is 26.4. The molecule has 1 aromatic carbocycles. The maximum atomic E-state index is 13.0. The van der Waals surface area contributed by atoms with Gasteiger partial charge in [0, 0.05) is 5.41 Å². The first-order chi connectivity index (χ1) is 18.3. The van der Waals surface area contributed by atoms with Gasteiger partial charge in [0.1, 0.15) is 6.10 Å². The summed E-state index contributed by atoms with van der Waals surface area (Å²) in [6, 6.07) is 9.55. The molecule has 7 atom stereocenters. The van der Waals surface area contributed by atoms with Crippen LogP contribution in [0, 0.1) is 45.3 Å². The predicted octanol–water partition coefficient (Wildman–Crippen LogP) is 10.4. The average molecular weight is 533 g/mol. The number of esters is 1. The van der Waals surface area contributed by atoms with Gasteiger partial charge in [0.15, 0.2) is 0 Å². The summed E-state index contributed by atoms with van der Waals surface area (Å²) in [5.41, 5.74) is 5.36. The SMILES string of the molecule is CC(C)CCC[C@H](C)[C@@H]1CC[C@]2(C)C3=C(CC[C@]12C)[C@]1(C)CC[C@H](OC(=O)c2ccccc2)C(C)(C)[C@@H]1CC3. The third-order valence-corrected chi connectivity index (χ3v) is 13.1. The van der Waals surface area contributed by atoms with Gasteiger partial charge in [-0.05, 0) is 103 Å². The third kappa shape index (κ3) is 4.64. The Morgan fingerprint density at radius 1 is 0.872 bits per heavy atom. The van der Waals surface area contributed by atoms with Crippen LogP contribution in [-0.4, -0.2) is 12.1 Å². The van der Waals surface area contributed by atoms with Crippen LogP contribution in [-0.2, 0) is 4.74 Å². The topological polar surface area (TPSA) is 26.3 Å². The lowest BCUT2D eigenvalue weighted by Gasteiger charge is -2.62. The number of carbonyl (C=O) groups excluding carboxylic acids is 1. The summed E-state index contributed by atoms with van der Waals surface area (Å²) in [5, 5.41) is 0. The molecule has 0 aromatic heterocycles. The van der Waals surface area contributed by atoms with Crippen molar-refractivity contribution in [2.45, 2.75) is 132 Å². The fourth-order valence-corrected chi connectivity index (χ4v) is 10.6. The average Bonchev–Trinajstić information content (AvgIpc) is 3.17. The first-order valence-corrected chi connectivity index (χ1v) is 16.3. The second-order valence-electron chi connectivity index (χ2n) is 15.8. The molecule has 4 aliphatic carbocycles. The van der Waals surface area contributed by atoms with Crippen molar-refractivity contribution in [1.29, 1.82) is 0 Å². The molecule has 0 unspecified atom stereocenters. The van der Waals surface area contributed by atoms with Crippen molar-refractivity contribution < 1.29 is 9.53 Å². The van der Waals surface area contributed by atoms with E-state index in [9.17, 15) is 4.79 Å². The number of ether oxygens (including phenoxy) is 1. The van der Waals surface area contributed by atoms with Gasteiger partial charge < -0.3 is 4.74 Å². The lowest BCUT2D eigenvalue weighted by molar-refractivity contribution is -0.104. The highest BCUT2D eigenvalue weighted by molar-refractivity contribution is 5.89. The van der Waals surface area contributed by atoms with E-state index < -0.39 is 0 Å². The predicted molar refractivity (Wildman–Crippen MR) is 163 cm³/mol. The lowest BCUT2D eigenvalue weighted by Crippen LogP contribution is -2.55. The normalized spacial score (nSPS) is 38.1. The Bertz CT molecular complexity index is 1080. The summed E-state index contributed by atoms with van der Waals surface area (Å²) in [5.74, 6) is 2.91. The largest absolute Gasteiger partial charge is 0.458 e. The fraction of sp³-hybridized carbons (Fsp3) is 0.757. The van der Waals surface area contributed by atoms with Crippen molar-refractivity contribution in [3.05, 3.63) is 47.0 Å². The molecule has 0 bridgehead atoms. The van der Waals surface area contributed by atoms with Gasteiger partial charge in [0.05, 0.1) is 5.56 Å². The molecule has 2 nitrogen and oxygen atoms in total. The summed E-state index contributed by atoms with van der Waals surface area (Å²) in [6.45, 7) is 20.0. The maximum Gasteiger partial charge on any atom is 0.338 e. The number of rotatable bonds is 7. The minimum atomic E-state index is -0.159. The van der Waals surface area contributed by atoms with Gasteiger partial charge in [-0.25, -0.2) is 4.79 Å². The van der Waals surface area contributed by atoms with Gasteiger partial charge in [-0.1, -0.05) is 104 Å². The molecule has 4 aliphatic rings. The van der Waals surface area contributed by atoms with E-state index >= 15 is 0 Å². The third-order valence-electron chi connectivity index (χ3n) is 13.1. The summed E-state index contributed by atoms with van der Waals surface area (Å²) in [6.07, 6.45) is 14.2. The molecule has 0 spiro atoms. The van der Waals surface area contributed by atoms with Crippen LogP contribution in [0.2, 0.25) is 0 Å². The van der Waals surface area contributed by atoms with Crippen LogP contribution in [0.1, 0.15) is 136 Å². The van der Waals surface area contributed by atoms with Crippen LogP contribution < -0.4 is 0 Å². The molecule has 0 saturated heterocycles. The molecule has 0 N–H and O–H groups in total. The second kappa shape index (κ2) is 10.4. The molecule has 5 rings (SSSR count). The van der Waals surface area contributed by atoms with Crippen molar-refractivity contribution in [2.75, 3.05) is 0 Å². The van der Waals surface area contributed by atoms with E-state index in [4.69, 9.17) is 4.74 Å².